The van der Waals surface area contributed by atoms with Crippen LogP contribution in [-0.4, -0.2) is 51.7 Å². The second-order valence-electron chi connectivity index (χ2n) is 8.33. The smallest absolute Gasteiger partial charge is 0.272 e. The van der Waals surface area contributed by atoms with Crippen molar-refractivity contribution in [3.63, 3.8) is 0 Å². The van der Waals surface area contributed by atoms with E-state index >= 15 is 0 Å². The van der Waals surface area contributed by atoms with Gasteiger partial charge in [0.05, 0.1) is 12.2 Å². The summed E-state index contributed by atoms with van der Waals surface area (Å²) in [5.74, 6) is 0.821. The molecule has 7 heteroatoms. The van der Waals surface area contributed by atoms with Crippen LogP contribution in [0, 0.1) is 5.92 Å². The zero-order chi connectivity index (χ0) is 19.0. The van der Waals surface area contributed by atoms with Crippen molar-refractivity contribution in [2.45, 2.75) is 64.1 Å². The first-order chi connectivity index (χ1) is 13.0. The molecule has 0 unspecified atom stereocenters. The first-order valence-corrected chi connectivity index (χ1v) is 10.3. The SMILES string of the molecule is CCCNC(=O)c1nn(C)c2c1COC1(CCN(C(=O)CC3CC3)CC1)C2. The quantitative estimate of drug-likeness (QED) is 0.853. The largest absolute Gasteiger partial charge is 0.370 e. The van der Waals surface area contributed by atoms with Gasteiger partial charge in [0, 0.05) is 50.8 Å². The molecule has 0 radical (unpaired) electrons. The number of hydrogen-bond acceptors (Lipinski definition) is 4. The Hall–Kier alpha value is -1.89. The van der Waals surface area contributed by atoms with E-state index in [1.807, 2.05) is 23.6 Å². The molecule has 27 heavy (non-hydrogen) atoms. The first kappa shape index (κ1) is 18.5. The number of piperidine rings is 1. The summed E-state index contributed by atoms with van der Waals surface area (Å²) in [5.41, 5.74) is 2.28. The summed E-state index contributed by atoms with van der Waals surface area (Å²) >= 11 is 0. The molecule has 1 saturated heterocycles. The van der Waals surface area contributed by atoms with E-state index < -0.39 is 0 Å². The molecule has 3 heterocycles. The summed E-state index contributed by atoms with van der Waals surface area (Å²) in [5, 5.41) is 7.37. The molecule has 4 rings (SSSR count). The number of aryl methyl sites for hydroxylation is 1. The van der Waals surface area contributed by atoms with Crippen molar-refractivity contribution in [2.75, 3.05) is 19.6 Å². The van der Waals surface area contributed by atoms with Crippen molar-refractivity contribution in [1.82, 2.24) is 20.0 Å². The summed E-state index contributed by atoms with van der Waals surface area (Å²) in [6, 6.07) is 0. The Morgan fingerprint density at radius 2 is 2.04 bits per heavy atom. The van der Waals surface area contributed by atoms with Gasteiger partial charge in [0.25, 0.3) is 5.91 Å². The summed E-state index contributed by atoms with van der Waals surface area (Å²) < 4.78 is 8.13. The number of nitrogens with zero attached hydrogens (tertiary/aromatic N) is 3. The van der Waals surface area contributed by atoms with Crippen LogP contribution < -0.4 is 5.32 Å². The second-order valence-corrected chi connectivity index (χ2v) is 8.33. The van der Waals surface area contributed by atoms with Crippen LogP contribution in [0.4, 0.5) is 0 Å². The molecule has 2 fully saturated rings. The highest BCUT2D eigenvalue weighted by molar-refractivity contribution is 5.94. The molecule has 3 aliphatic rings. The molecule has 0 atom stereocenters. The van der Waals surface area contributed by atoms with E-state index in [0.29, 0.717) is 30.7 Å². The molecule has 0 aromatic carbocycles. The van der Waals surface area contributed by atoms with Crippen LogP contribution in [0.5, 0.6) is 0 Å². The van der Waals surface area contributed by atoms with E-state index in [0.717, 1.165) is 56.5 Å². The van der Waals surface area contributed by atoms with E-state index in [-0.39, 0.29) is 11.5 Å². The van der Waals surface area contributed by atoms with Gasteiger partial charge in [-0.1, -0.05) is 6.92 Å². The lowest BCUT2D eigenvalue weighted by molar-refractivity contribution is -0.141. The molecule has 2 aliphatic heterocycles. The lowest BCUT2D eigenvalue weighted by atomic mass is 9.83. The van der Waals surface area contributed by atoms with Gasteiger partial charge in [-0.05, 0) is 38.0 Å². The zero-order valence-electron chi connectivity index (χ0n) is 16.4. The standard InChI is InChI=1S/C20H30N4O3/c1-3-8-21-19(26)18-15-13-27-20(12-16(15)23(2)22-18)6-9-24(10-7-20)17(25)11-14-4-5-14/h14H,3-13H2,1-2H3,(H,21,26). The summed E-state index contributed by atoms with van der Waals surface area (Å²) in [6.07, 6.45) is 6.51. The normalized spacial score (nSPS) is 21.2. The molecule has 7 nitrogen and oxygen atoms in total. The number of carbonyl (C=O) groups is 2. The van der Waals surface area contributed by atoms with Gasteiger partial charge in [0.15, 0.2) is 5.69 Å². The lowest BCUT2D eigenvalue weighted by Crippen LogP contribution is -2.50. The fourth-order valence-electron chi connectivity index (χ4n) is 4.24. The monoisotopic (exact) mass is 374 g/mol. The maximum atomic E-state index is 12.4. The number of rotatable bonds is 5. The first-order valence-electron chi connectivity index (χ1n) is 10.3. The lowest BCUT2D eigenvalue weighted by Gasteiger charge is -2.44. The van der Waals surface area contributed by atoms with Gasteiger partial charge in [0.2, 0.25) is 5.91 Å². The van der Waals surface area contributed by atoms with E-state index in [1.54, 1.807) is 0 Å². The van der Waals surface area contributed by atoms with E-state index in [2.05, 4.69) is 10.4 Å². The third-order valence-electron chi connectivity index (χ3n) is 6.23. The van der Waals surface area contributed by atoms with Crippen molar-refractivity contribution in [2.24, 2.45) is 13.0 Å². The summed E-state index contributed by atoms with van der Waals surface area (Å²) in [4.78, 5) is 26.8. The molecule has 1 aromatic heterocycles. The summed E-state index contributed by atoms with van der Waals surface area (Å²) in [6.45, 7) is 4.64. The molecule has 1 saturated carbocycles. The van der Waals surface area contributed by atoms with E-state index in [4.69, 9.17) is 4.74 Å². The van der Waals surface area contributed by atoms with Crippen molar-refractivity contribution >= 4 is 11.8 Å². The van der Waals surface area contributed by atoms with Crippen LogP contribution in [0.25, 0.3) is 0 Å². The van der Waals surface area contributed by atoms with Gasteiger partial charge >= 0.3 is 0 Å². The van der Waals surface area contributed by atoms with Gasteiger partial charge in [-0.25, -0.2) is 0 Å². The predicted octanol–water partition coefficient (Wildman–Crippen LogP) is 1.79. The number of likely N-dealkylation sites (tertiary alicyclic amines) is 1. The van der Waals surface area contributed by atoms with Gasteiger partial charge in [-0.2, -0.15) is 5.10 Å². The fraction of sp³-hybridized carbons (Fsp3) is 0.750. The van der Waals surface area contributed by atoms with Crippen molar-refractivity contribution < 1.29 is 14.3 Å². The maximum absolute atomic E-state index is 12.4. The van der Waals surface area contributed by atoms with E-state index in [1.165, 1.54) is 12.8 Å². The molecule has 1 spiro atoms. The Balaban J connectivity index is 1.42. The van der Waals surface area contributed by atoms with Crippen molar-refractivity contribution in [3.8, 4) is 0 Å². The molecule has 148 valence electrons. The number of ether oxygens (including phenoxy) is 1. The summed E-state index contributed by atoms with van der Waals surface area (Å²) in [7, 11) is 1.91. The van der Waals surface area contributed by atoms with Crippen LogP contribution in [0.3, 0.4) is 0 Å². The maximum Gasteiger partial charge on any atom is 0.272 e. The molecular formula is C20H30N4O3. The van der Waals surface area contributed by atoms with Crippen LogP contribution in [0.2, 0.25) is 0 Å². The Kier molecular flexibility index (Phi) is 4.97. The topological polar surface area (TPSA) is 76.5 Å². The Morgan fingerprint density at radius 3 is 2.70 bits per heavy atom. The Bertz CT molecular complexity index is 730. The van der Waals surface area contributed by atoms with Crippen molar-refractivity contribution in [3.05, 3.63) is 17.0 Å². The van der Waals surface area contributed by atoms with Crippen LogP contribution >= 0.6 is 0 Å². The third kappa shape index (κ3) is 3.74. The number of hydrogen-bond donors (Lipinski definition) is 1. The number of amides is 2. The minimum Gasteiger partial charge on any atom is -0.370 e. The number of nitrogens with one attached hydrogen (secondary N) is 1. The van der Waals surface area contributed by atoms with Crippen LogP contribution in [0.15, 0.2) is 0 Å². The average molecular weight is 374 g/mol. The highest BCUT2D eigenvalue weighted by Crippen LogP contribution is 2.38. The fourth-order valence-corrected chi connectivity index (χ4v) is 4.24. The Morgan fingerprint density at radius 1 is 1.30 bits per heavy atom. The molecule has 1 aromatic rings. The highest BCUT2D eigenvalue weighted by atomic mass is 16.5. The number of carbonyl (C=O) groups excluding carboxylic acids is 2. The van der Waals surface area contributed by atoms with Crippen LogP contribution in [0.1, 0.15) is 67.2 Å². The second kappa shape index (κ2) is 7.26. The molecular weight excluding hydrogens is 344 g/mol. The molecule has 2 amide bonds. The van der Waals surface area contributed by atoms with Crippen LogP contribution in [-0.2, 0) is 29.6 Å². The third-order valence-corrected chi connectivity index (χ3v) is 6.23. The molecule has 0 bridgehead atoms. The minimum atomic E-state index is -0.228. The number of fused-ring (bicyclic) bond motifs is 1. The zero-order valence-corrected chi connectivity index (χ0v) is 16.4. The van der Waals surface area contributed by atoms with Gasteiger partial charge in [-0.15, -0.1) is 0 Å². The minimum absolute atomic E-state index is 0.117. The molecule has 1 N–H and O–H groups in total. The predicted molar refractivity (Wildman–Crippen MR) is 100 cm³/mol. The van der Waals surface area contributed by atoms with Gasteiger partial charge in [0.1, 0.15) is 0 Å². The van der Waals surface area contributed by atoms with Crippen molar-refractivity contribution in [1.29, 1.82) is 0 Å². The molecule has 1 aliphatic carbocycles. The van der Waals surface area contributed by atoms with Gasteiger partial charge < -0.3 is 15.0 Å². The average Bonchev–Trinajstić information content (AvgIpc) is 3.43. The van der Waals surface area contributed by atoms with E-state index in [9.17, 15) is 9.59 Å². The number of aromatic nitrogens is 2. The Labute approximate surface area is 160 Å². The highest BCUT2D eigenvalue weighted by Gasteiger charge is 2.42. The van der Waals surface area contributed by atoms with Gasteiger partial charge in [-0.3, -0.25) is 14.3 Å².